The Morgan fingerprint density at radius 2 is 1.93 bits per heavy atom. The minimum Gasteiger partial charge on any atom is -0.466 e. The van der Waals surface area contributed by atoms with Gasteiger partial charge in [0.1, 0.15) is 6.29 Å². The first-order valence-corrected chi connectivity index (χ1v) is 10.5. The number of primary amides is 1. The Bertz CT molecular complexity index is 1080. The number of esters is 1. The van der Waals surface area contributed by atoms with Gasteiger partial charge in [-0.25, -0.2) is 0 Å². The minimum absolute atomic E-state index is 0.0292. The zero-order chi connectivity index (χ0) is 21.7. The molecule has 0 fully saturated rings. The summed E-state index contributed by atoms with van der Waals surface area (Å²) in [5, 5.41) is 0.814. The van der Waals surface area contributed by atoms with Crippen molar-refractivity contribution in [3.05, 3.63) is 69.8 Å². The van der Waals surface area contributed by atoms with E-state index in [1.807, 2.05) is 48.5 Å². The maximum Gasteiger partial charge on any atom is 0.313 e. The van der Waals surface area contributed by atoms with Crippen LogP contribution in [0.25, 0.3) is 10.9 Å². The molecule has 0 aliphatic rings. The van der Waals surface area contributed by atoms with Crippen LogP contribution in [0.5, 0.6) is 0 Å². The third-order valence-electron chi connectivity index (χ3n) is 4.96. The van der Waals surface area contributed by atoms with Crippen LogP contribution in [0.2, 0.25) is 0 Å². The normalized spacial score (nSPS) is 11.9. The van der Waals surface area contributed by atoms with Crippen molar-refractivity contribution < 1.29 is 19.1 Å². The number of halogens is 1. The predicted molar refractivity (Wildman–Crippen MR) is 118 cm³/mol. The van der Waals surface area contributed by atoms with E-state index < -0.39 is 17.8 Å². The number of rotatable bonds is 9. The molecule has 1 atom stereocenters. The van der Waals surface area contributed by atoms with E-state index in [4.69, 9.17) is 10.5 Å². The van der Waals surface area contributed by atoms with Crippen molar-refractivity contribution in [3.63, 3.8) is 0 Å². The number of benzene rings is 2. The van der Waals surface area contributed by atoms with E-state index in [2.05, 4.69) is 20.5 Å². The number of aromatic nitrogens is 1. The zero-order valence-electron chi connectivity index (χ0n) is 16.6. The maximum atomic E-state index is 12.4. The fourth-order valence-corrected chi connectivity index (χ4v) is 4.27. The standard InChI is InChI=1S/C23H23BrN2O4/c1-2-30-23(29)17(10-11-27)16-8-9-20-18(12-16)19(13-21(25)28)22(24)26(20)14-15-6-4-3-5-7-15/h3-9,11-12,17H,2,10,13-14H2,1H3,(H2,25,28). The maximum absolute atomic E-state index is 12.4. The highest BCUT2D eigenvalue weighted by molar-refractivity contribution is 9.10. The van der Waals surface area contributed by atoms with E-state index >= 15 is 0 Å². The lowest BCUT2D eigenvalue weighted by atomic mass is 9.94. The lowest BCUT2D eigenvalue weighted by Gasteiger charge is -2.14. The van der Waals surface area contributed by atoms with Crippen LogP contribution in [0.4, 0.5) is 0 Å². The van der Waals surface area contributed by atoms with E-state index in [1.54, 1.807) is 6.92 Å². The van der Waals surface area contributed by atoms with Gasteiger partial charge in [-0.1, -0.05) is 36.4 Å². The molecule has 1 aromatic heterocycles. The fraction of sp³-hybridized carbons (Fsp3) is 0.261. The van der Waals surface area contributed by atoms with Crippen molar-refractivity contribution in [3.8, 4) is 0 Å². The second-order valence-electron chi connectivity index (χ2n) is 6.97. The van der Waals surface area contributed by atoms with Gasteiger partial charge < -0.3 is 19.8 Å². The van der Waals surface area contributed by atoms with E-state index in [-0.39, 0.29) is 19.4 Å². The summed E-state index contributed by atoms with van der Waals surface area (Å²) in [5.41, 5.74) is 8.92. The molecule has 3 rings (SSSR count). The number of hydrogen-bond donors (Lipinski definition) is 1. The number of nitrogens with zero attached hydrogens (tertiary/aromatic N) is 1. The summed E-state index contributed by atoms with van der Waals surface area (Å²) in [6.45, 7) is 2.57. The van der Waals surface area contributed by atoms with Crippen molar-refractivity contribution in [1.29, 1.82) is 0 Å². The molecule has 7 heteroatoms. The summed E-state index contributed by atoms with van der Waals surface area (Å²) < 4.78 is 7.96. The molecule has 1 heterocycles. The molecule has 156 valence electrons. The molecule has 3 aromatic rings. The van der Waals surface area contributed by atoms with Crippen molar-refractivity contribution in [2.45, 2.75) is 32.2 Å². The average molecular weight is 471 g/mol. The molecular formula is C23H23BrN2O4. The van der Waals surface area contributed by atoms with Crippen LogP contribution in [0.3, 0.4) is 0 Å². The number of ether oxygens (including phenoxy) is 1. The van der Waals surface area contributed by atoms with Gasteiger partial charge in [-0.15, -0.1) is 0 Å². The molecular weight excluding hydrogens is 448 g/mol. The average Bonchev–Trinajstić information content (AvgIpc) is 2.97. The molecule has 0 saturated heterocycles. The number of nitrogens with two attached hydrogens (primary N) is 1. The summed E-state index contributed by atoms with van der Waals surface area (Å²) in [4.78, 5) is 35.2. The van der Waals surface area contributed by atoms with Gasteiger partial charge in [0.25, 0.3) is 0 Å². The third kappa shape index (κ3) is 4.62. The van der Waals surface area contributed by atoms with Crippen LogP contribution in [0.15, 0.2) is 53.1 Å². The molecule has 2 N–H and O–H groups in total. The lowest BCUT2D eigenvalue weighted by molar-refractivity contribution is -0.145. The number of carbonyl (C=O) groups is 3. The molecule has 30 heavy (non-hydrogen) atoms. The highest BCUT2D eigenvalue weighted by atomic mass is 79.9. The SMILES string of the molecule is CCOC(=O)C(CC=O)c1ccc2c(c1)c(CC(N)=O)c(Br)n2Cc1ccccc1. The molecule has 0 aliphatic carbocycles. The number of carbonyl (C=O) groups excluding carboxylic acids is 3. The van der Waals surface area contributed by atoms with Gasteiger partial charge in [-0.05, 0) is 46.1 Å². The molecule has 2 aromatic carbocycles. The number of hydrogen-bond acceptors (Lipinski definition) is 4. The second kappa shape index (κ2) is 9.71. The van der Waals surface area contributed by atoms with Crippen LogP contribution in [-0.4, -0.2) is 29.3 Å². The summed E-state index contributed by atoms with van der Waals surface area (Å²) in [7, 11) is 0. The van der Waals surface area contributed by atoms with Crippen LogP contribution >= 0.6 is 15.9 Å². The Morgan fingerprint density at radius 3 is 2.57 bits per heavy atom. The first kappa shape index (κ1) is 21.8. The molecule has 0 spiro atoms. The largest absolute Gasteiger partial charge is 0.466 e. The third-order valence-corrected chi connectivity index (χ3v) is 5.87. The molecule has 6 nitrogen and oxygen atoms in total. The fourth-order valence-electron chi connectivity index (χ4n) is 3.60. The lowest BCUT2D eigenvalue weighted by Crippen LogP contribution is -2.16. The summed E-state index contributed by atoms with van der Waals surface area (Å²) in [6.07, 6.45) is 0.800. The summed E-state index contributed by atoms with van der Waals surface area (Å²) in [5.74, 6) is -1.58. The van der Waals surface area contributed by atoms with Crippen LogP contribution < -0.4 is 5.73 Å². The van der Waals surface area contributed by atoms with Gasteiger partial charge in [0.2, 0.25) is 5.91 Å². The van der Waals surface area contributed by atoms with Crippen molar-refractivity contribution in [2.75, 3.05) is 6.61 Å². The Morgan fingerprint density at radius 1 is 1.20 bits per heavy atom. The van der Waals surface area contributed by atoms with Gasteiger partial charge in [-0.3, -0.25) is 9.59 Å². The van der Waals surface area contributed by atoms with E-state index in [9.17, 15) is 14.4 Å². The highest BCUT2D eigenvalue weighted by Gasteiger charge is 2.24. The van der Waals surface area contributed by atoms with Gasteiger partial charge in [0.15, 0.2) is 0 Å². The molecule has 0 radical (unpaired) electrons. The van der Waals surface area contributed by atoms with E-state index in [0.29, 0.717) is 18.4 Å². The molecule has 1 amide bonds. The Hall–Kier alpha value is -2.93. The zero-order valence-corrected chi connectivity index (χ0v) is 18.2. The number of amides is 1. The number of fused-ring (bicyclic) bond motifs is 1. The Labute approximate surface area is 183 Å². The first-order chi connectivity index (χ1) is 14.5. The number of aldehydes is 1. The Kier molecular flexibility index (Phi) is 7.05. The quantitative estimate of drug-likeness (QED) is 0.381. The summed E-state index contributed by atoms with van der Waals surface area (Å²) in [6, 6.07) is 15.5. The highest BCUT2D eigenvalue weighted by Crippen LogP contribution is 2.34. The van der Waals surface area contributed by atoms with Gasteiger partial charge in [0.05, 0.1) is 23.5 Å². The van der Waals surface area contributed by atoms with Crippen molar-refractivity contribution >= 4 is 45.0 Å². The second-order valence-corrected chi connectivity index (χ2v) is 7.72. The van der Waals surface area contributed by atoms with Crippen molar-refractivity contribution in [2.24, 2.45) is 5.73 Å². The van der Waals surface area contributed by atoms with Gasteiger partial charge in [0, 0.05) is 29.4 Å². The minimum atomic E-state index is -0.690. The topological polar surface area (TPSA) is 91.4 Å². The summed E-state index contributed by atoms with van der Waals surface area (Å²) >= 11 is 3.63. The van der Waals surface area contributed by atoms with Gasteiger partial charge >= 0.3 is 5.97 Å². The molecule has 0 bridgehead atoms. The molecule has 0 aliphatic heterocycles. The Balaban J connectivity index is 2.13. The van der Waals surface area contributed by atoms with Crippen molar-refractivity contribution in [1.82, 2.24) is 4.57 Å². The smallest absolute Gasteiger partial charge is 0.313 e. The van der Waals surface area contributed by atoms with Gasteiger partial charge in [-0.2, -0.15) is 0 Å². The van der Waals surface area contributed by atoms with E-state index in [1.165, 1.54) is 0 Å². The van der Waals surface area contributed by atoms with Crippen LogP contribution in [0.1, 0.15) is 36.0 Å². The predicted octanol–water partition coefficient (Wildman–Crippen LogP) is 3.72. The molecule has 0 saturated carbocycles. The first-order valence-electron chi connectivity index (χ1n) is 9.69. The van der Waals surface area contributed by atoms with E-state index in [0.717, 1.165) is 26.6 Å². The van der Waals surface area contributed by atoms with Crippen LogP contribution in [0, 0.1) is 0 Å². The van der Waals surface area contributed by atoms with Crippen LogP contribution in [-0.2, 0) is 32.1 Å². The monoisotopic (exact) mass is 470 g/mol. The molecule has 1 unspecified atom stereocenters.